The Balaban J connectivity index is 1.96. The molecule has 0 spiro atoms. The highest BCUT2D eigenvalue weighted by Gasteiger charge is 2.31. The minimum atomic E-state index is 0.717. The van der Waals surface area contributed by atoms with Crippen LogP contribution in [0.5, 0.6) is 0 Å². The molecule has 1 heteroatoms. The van der Waals surface area contributed by atoms with Crippen molar-refractivity contribution >= 4 is 0 Å². The van der Waals surface area contributed by atoms with Gasteiger partial charge in [-0.1, -0.05) is 11.6 Å². The van der Waals surface area contributed by atoms with Crippen molar-refractivity contribution in [2.45, 2.75) is 32.1 Å². The first kappa shape index (κ1) is 6.91. The van der Waals surface area contributed by atoms with Crippen molar-refractivity contribution < 1.29 is 0 Å². The van der Waals surface area contributed by atoms with Crippen LogP contribution in [-0.2, 0) is 0 Å². The van der Waals surface area contributed by atoms with Gasteiger partial charge in [0.15, 0.2) is 0 Å². The maximum atomic E-state index is 8.42. The molecule has 1 saturated carbocycles. The number of hydrogen-bond donors (Lipinski definition) is 0. The van der Waals surface area contributed by atoms with Crippen LogP contribution in [0.4, 0.5) is 0 Å². The van der Waals surface area contributed by atoms with Crippen molar-refractivity contribution in [3.63, 3.8) is 0 Å². The van der Waals surface area contributed by atoms with E-state index in [1.54, 1.807) is 5.57 Å². The van der Waals surface area contributed by atoms with Crippen LogP contribution in [0.1, 0.15) is 32.1 Å². The van der Waals surface area contributed by atoms with E-state index < -0.39 is 0 Å². The smallest absolute Gasteiger partial charge is 0.0625 e. The van der Waals surface area contributed by atoms with Crippen molar-refractivity contribution in [2.24, 2.45) is 11.8 Å². The Hall–Kier alpha value is -0.770. The molecule has 2 bridgehead atoms. The van der Waals surface area contributed by atoms with Gasteiger partial charge in [0.2, 0.25) is 0 Å². The molecule has 2 aliphatic rings. The summed E-state index contributed by atoms with van der Waals surface area (Å²) in [7, 11) is 0. The average molecular weight is 147 g/mol. The summed E-state index contributed by atoms with van der Waals surface area (Å²) in [5.41, 5.74) is 1.59. The monoisotopic (exact) mass is 147 g/mol. The Bertz CT molecular complexity index is 222. The second-order valence-corrected chi connectivity index (χ2v) is 3.67. The summed E-state index contributed by atoms with van der Waals surface area (Å²) in [6.45, 7) is 0. The van der Waals surface area contributed by atoms with Gasteiger partial charge in [-0.25, -0.2) is 0 Å². The highest BCUT2D eigenvalue weighted by Crippen LogP contribution is 2.44. The largest absolute Gasteiger partial charge is 0.198 e. The summed E-state index contributed by atoms with van der Waals surface area (Å²) in [6.07, 6.45) is 8.36. The lowest BCUT2D eigenvalue weighted by atomic mass is 9.95. The van der Waals surface area contributed by atoms with E-state index >= 15 is 0 Å². The Morgan fingerprint density at radius 1 is 1.55 bits per heavy atom. The molecule has 2 atom stereocenters. The van der Waals surface area contributed by atoms with Crippen LogP contribution in [0, 0.1) is 23.2 Å². The molecule has 0 aromatic heterocycles. The topological polar surface area (TPSA) is 23.8 Å². The third kappa shape index (κ3) is 1.18. The lowest BCUT2D eigenvalue weighted by Crippen LogP contribution is -1.96. The predicted octanol–water partition coefficient (Wildman–Crippen LogP) is 2.65. The zero-order valence-electron chi connectivity index (χ0n) is 6.71. The molecule has 1 fully saturated rings. The molecule has 1 nitrogen and oxygen atoms in total. The maximum Gasteiger partial charge on any atom is 0.0625 e. The minimum Gasteiger partial charge on any atom is -0.198 e. The zero-order valence-corrected chi connectivity index (χ0v) is 6.71. The third-order valence-corrected chi connectivity index (χ3v) is 2.97. The van der Waals surface area contributed by atoms with Crippen molar-refractivity contribution in [3.8, 4) is 6.07 Å². The van der Waals surface area contributed by atoms with Crippen LogP contribution in [0.15, 0.2) is 11.6 Å². The van der Waals surface area contributed by atoms with Gasteiger partial charge >= 0.3 is 0 Å². The van der Waals surface area contributed by atoms with E-state index in [0.717, 1.165) is 24.7 Å². The Labute approximate surface area is 67.7 Å². The molecule has 11 heavy (non-hydrogen) atoms. The number of rotatable bonds is 2. The molecule has 0 aromatic carbocycles. The normalized spacial score (nSPS) is 33.5. The van der Waals surface area contributed by atoms with Gasteiger partial charge in [0.1, 0.15) is 0 Å². The summed E-state index contributed by atoms with van der Waals surface area (Å²) in [5, 5.41) is 8.42. The number of nitrogens with zero attached hydrogens (tertiary/aromatic N) is 1. The van der Waals surface area contributed by atoms with Crippen molar-refractivity contribution in [3.05, 3.63) is 11.6 Å². The van der Waals surface area contributed by atoms with Crippen molar-refractivity contribution in [1.82, 2.24) is 0 Å². The van der Waals surface area contributed by atoms with Gasteiger partial charge in [0, 0.05) is 6.42 Å². The molecule has 58 valence electrons. The molecule has 0 N–H and O–H groups in total. The number of nitriles is 1. The van der Waals surface area contributed by atoms with E-state index in [4.69, 9.17) is 5.26 Å². The van der Waals surface area contributed by atoms with Gasteiger partial charge in [0.25, 0.3) is 0 Å². The van der Waals surface area contributed by atoms with Crippen molar-refractivity contribution in [2.75, 3.05) is 0 Å². The third-order valence-electron chi connectivity index (χ3n) is 2.97. The maximum absolute atomic E-state index is 8.42. The highest BCUT2D eigenvalue weighted by atomic mass is 14.4. The molecular formula is C10H13N. The van der Waals surface area contributed by atoms with E-state index in [1.165, 1.54) is 19.3 Å². The quantitative estimate of drug-likeness (QED) is 0.551. The molecule has 0 amide bonds. The van der Waals surface area contributed by atoms with Crippen LogP contribution in [0.25, 0.3) is 0 Å². The lowest BCUT2D eigenvalue weighted by Gasteiger charge is -2.10. The van der Waals surface area contributed by atoms with Gasteiger partial charge in [-0.3, -0.25) is 0 Å². The predicted molar refractivity (Wildman–Crippen MR) is 43.8 cm³/mol. The fourth-order valence-corrected chi connectivity index (χ4v) is 2.43. The standard InChI is InChI=1S/C10H13N/c11-5-1-2-9-6-8-3-4-10(9)7-8/h6,8,10H,1-4,7H2. The fraction of sp³-hybridized carbons (Fsp3) is 0.700. The molecule has 2 aliphatic carbocycles. The lowest BCUT2D eigenvalue weighted by molar-refractivity contribution is 0.628. The summed E-state index contributed by atoms with van der Waals surface area (Å²) in [6, 6.07) is 2.21. The van der Waals surface area contributed by atoms with Crippen LogP contribution in [0.3, 0.4) is 0 Å². The number of hydrogen-bond acceptors (Lipinski definition) is 1. The Kier molecular flexibility index (Phi) is 1.69. The number of fused-ring (bicyclic) bond motifs is 2. The second-order valence-electron chi connectivity index (χ2n) is 3.67. The van der Waals surface area contributed by atoms with Gasteiger partial charge in [-0.05, 0) is 37.5 Å². The first-order chi connectivity index (χ1) is 5.40. The summed E-state index contributed by atoms with van der Waals surface area (Å²) >= 11 is 0. The van der Waals surface area contributed by atoms with Crippen LogP contribution < -0.4 is 0 Å². The summed E-state index contributed by atoms with van der Waals surface area (Å²) in [4.78, 5) is 0. The molecule has 0 heterocycles. The fourth-order valence-electron chi connectivity index (χ4n) is 2.43. The van der Waals surface area contributed by atoms with Crippen LogP contribution in [0.2, 0.25) is 0 Å². The van der Waals surface area contributed by atoms with E-state index in [-0.39, 0.29) is 0 Å². The zero-order chi connectivity index (χ0) is 7.68. The van der Waals surface area contributed by atoms with Gasteiger partial charge in [-0.15, -0.1) is 0 Å². The Morgan fingerprint density at radius 3 is 3.00 bits per heavy atom. The minimum absolute atomic E-state index is 0.717. The molecule has 0 aliphatic heterocycles. The van der Waals surface area contributed by atoms with Crippen LogP contribution >= 0.6 is 0 Å². The van der Waals surface area contributed by atoms with Gasteiger partial charge in [-0.2, -0.15) is 5.26 Å². The first-order valence-electron chi connectivity index (χ1n) is 4.47. The van der Waals surface area contributed by atoms with E-state index in [1.807, 2.05) is 0 Å². The molecule has 0 radical (unpaired) electrons. The first-order valence-corrected chi connectivity index (χ1v) is 4.47. The Morgan fingerprint density at radius 2 is 2.45 bits per heavy atom. The molecule has 2 unspecified atom stereocenters. The molecule has 0 saturated heterocycles. The summed E-state index contributed by atoms with van der Waals surface area (Å²) < 4.78 is 0. The molecule has 0 aromatic rings. The summed E-state index contributed by atoms with van der Waals surface area (Å²) in [5.74, 6) is 1.75. The molecular weight excluding hydrogens is 134 g/mol. The van der Waals surface area contributed by atoms with Gasteiger partial charge in [0.05, 0.1) is 6.07 Å². The average Bonchev–Trinajstić information content (AvgIpc) is 2.60. The second kappa shape index (κ2) is 2.70. The van der Waals surface area contributed by atoms with Gasteiger partial charge < -0.3 is 0 Å². The van der Waals surface area contributed by atoms with E-state index in [0.29, 0.717) is 0 Å². The number of allylic oxidation sites excluding steroid dienone is 2. The van der Waals surface area contributed by atoms with Crippen LogP contribution in [-0.4, -0.2) is 0 Å². The van der Waals surface area contributed by atoms with Crippen molar-refractivity contribution in [1.29, 1.82) is 5.26 Å². The van der Waals surface area contributed by atoms with E-state index in [9.17, 15) is 0 Å². The SMILES string of the molecule is N#CCCC1=CC2CCC1C2. The highest BCUT2D eigenvalue weighted by molar-refractivity contribution is 5.19. The molecule has 2 rings (SSSR count). The van der Waals surface area contributed by atoms with E-state index in [2.05, 4.69) is 12.1 Å².